The zero-order chi connectivity index (χ0) is 13.8. The van der Waals surface area contributed by atoms with Gasteiger partial charge in [-0.1, -0.05) is 17.8 Å². The van der Waals surface area contributed by atoms with Gasteiger partial charge in [0.25, 0.3) is 0 Å². The van der Waals surface area contributed by atoms with Gasteiger partial charge in [-0.15, -0.1) is 0 Å². The van der Waals surface area contributed by atoms with Crippen molar-refractivity contribution in [2.75, 3.05) is 7.11 Å². The number of nitrogen functional groups attached to an aromatic ring is 1. The minimum atomic E-state index is 0.00218. The fourth-order valence-corrected chi connectivity index (χ4v) is 2.45. The van der Waals surface area contributed by atoms with Crippen LogP contribution in [0.15, 0.2) is 29.7 Å². The summed E-state index contributed by atoms with van der Waals surface area (Å²) in [7, 11) is 3.42. The summed E-state index contributed by atoms with van der Waals surface area (Å²) in [5, 5.41) is 12.4. The average molecular weight is 277 g/mol. The second-order valence-corrected chi connectivity index (χ2v) is 4.85. The van der Waals surface area contributed by atoms with Crippen molar-refractivity contribution in [1.82, 2.24) is 14.8 Å². The lowest BCUT2D eigenvalue weighted by Crippen LogP contribution is -2.12. The standard InChI is InChI=1S/C12H15N5OS/c1-17-12(15-7-16-17)19-6-8-3-4-10(18-2)9(5-8)11(13)14/h3-5,7H,6H2,1-2H3,(H3,13,14). The third-order valence-corrected chi connectivity index (χ3v) is 3.70. The molecule has 2 rings (SSSR count). The van der Waals surface area contributed by atoms with Crippen LogP contribution in [0.4, 0.5) is 0 Å². The molecule has 0 saturated heterocycles. The Hall–Kier alpha value is -2.02. The van der Waals surface area contributed by atoms with Gasteiger partial charge in [-0.3, -0.25) is 5.41 Å². The minimum Gasteiger partial charge on any atom is -0.496 e. The number of methoxy groups -OCH3 is 1. The van der Waals surface area contributed by atoms with Crippen LogP contribution in [0.2, 0.25) is 0 Å². The van der Waals surface area contributed by atoms with E-state index in [2.05, 4.69) is 10.1 Å². The molecule has 19 heavy (non-hydrogen) atoms. The van der Waals surface area contributed by atoms with Crippen molar-refractivity contribution in [1.29, 1.82) is 5.41 Å². The summed E-state index contributed by atoms with van der Waals surface area (Å²) in [6.07, 6.45) is 1.53. The second kappa shape index (κ2) is 5.75. The molecule has 0 aliphatic carbocycles. The first-order chi connectivity index (χ1) is 9.11. The average Bonchev–Trinajstić information content (AvgIpc) is 2.81. The lowest BCUT2D eigenvalue weighted by molar-refractivity contribution is 0.413. The molecule has 0 spiro atoms. The fourth-order valence-electron chi connectivity index (χ4n) is 1.62. The molecular weight excluding hydrogens is 262 g/mol. The first kappa shape index (κ1) is 13.4. The molecule has 1 aromatic heterocycles. The summed E-state index contributed by atoms with van der Waals surface area (Å²) in [5.74, 6) is 1.35. The van der Waals surface area contributed by atoms with E-state index in [9.17, 15) is 0 Å². The SMILES string of the molecule is COc1ccc(CSc2ncnn2C)cc1C(=N)N. The minimum absolute atomic E-state index is 0.00218. The van der Waals surface area contributed by atoms with Gasteiger partial charge in [-0.25, -0.2) is 9.67 Å². The van der Waals surface area contributed by atoms with Crippen molar-refractivity contribution >= 4 is 17.6 Å². The maximum absolute atomic E-state index is 7.55. The van der Waals surface area contributed by atoms with Crippen molar-refractivity contribution in [3.05, 3.63) is 35.7 Å². The molecule has 0 unspecified atom stereocenters. The Labute approximate surface area is 115 Å². The summed E-state index contributed by atoms with van der Waals surface area (Å²) >= 11 is 1.58. The third-order valence-electron chi connectivity index (χ3n) is 2.59. The first-order valence-corrected chi connectivity index (χ1v) is 6.58. The number of aryl methyl sites for hydroxylation is 1. The Kier molecular flexibility index (Phi) is 4.06. The molecule has 0 aliphatic rings. The molecule has 6 nitrogen and oxygen atoms in total. The van der Waals surface area contributed by atoms with Crippen molar-refractivity contribution in [2.24, 2.45) is 12.8 Å². The summed E-state index contributed by atoms with van der Waals surface area (Å²) in [6.45, 7) is 0. The summed E-state index contributed by atoms with van der Waals surface area (Å²) in [4.78, 5) is 4.15. The van der Waals surface area contributed by atoms with Crippen molar-refractivity contribution < 1.29 is 4.74 Å². The number of hydrogen-bond acceptors (Lipinski definition) is 5. The summed E-state index contributed by atoms with van der Waals surface area (Å²) in [5.41, 5.74) is 7.21. The molecule has 0 amide bonds. The van der Waals surface area contributed by atoms with Crippen LogP contribution in [0.25, 0.3) is 0 Å². The largest absolute Gasteiger partial charge is 0.496 e. The molecule has 3 N–H and O–H groups in total. The summed E-state index contributed by atoms with van der Waals surface area (Å²) in [6, 6.07) is 5.64. The monoisotopic (exact) mass is 277 g/mol. The summed E-state index contributed by atoms with van der Waals surface area (Å²) < 4.78 is 6.90. The Morgan fingerprint density at radius 1 is 1.53 bits per heavy atom. The first-order valence-electron chi connectivity index (χ1n) is 5.60. The molecule has 1 aromatic carbocycles. The zero-order valence-corrected chi connectivity index (χ0v) is 11.6. The van der Waals surface area contributed by atoms with Crippen LogP contribution in [0, 0.1) is 5.41 Å². The van der Waals surface area contributed by atoms with Crippen LogP contribution in [0.1, 0.15) is 11.1 Å². The highest BCUT2D eigenvalue weighted by atomic mass is 32.2. The predicted octanol–water partition coefficient (Wildman–Crippen LogP) is 1.40. The lowest BCUT2D eigenvalue weighted by Gasteiger charge is -2.09. The zero-order valence-electron chi connectivity index (χ0n) is 10.8. The van der Waals surface area contributed by atoms with E-state index < -0.39 is 0 Å². The van der Waals surface area contributed by atoms with Gasteiger partial charge in [0.2, 0.25) is 0 Å². The molecule has 0 radical (unpaired) electrons. The highest BCUT2D eigenvalue weighted by Crippen LogP contribution is 2.24. The Morgan fingerprint density at radius 2 is 2.32 bits per heavy atom. The molecule has 1 heterocycles. The lowest BCUT2D eigenvalue weighted by atomic mass is 10.1. The van der Waals surface area contributed by atoms with Gasteiger partial charge >= 0.3 is 0 Å². The molecule has 7 heteroatoms. The number of thioether (sulfide) groups is 1. The number of benzene rings is 1. The smallest absolute Gasteiger partial charge is 0.186 e. The van der Waals surface area contributed by atoms with Gasteiger partial charge in [-0.05, 0) is 17.7 Å². The van der Waals surface area contributed by atoms with Crippen molar-refractivity contribution in [3.8, 4) is 5.75 Å². The number of aromatic nitrogens is 3. The maximum atomic E-state index is 7.55. The van der Waals surface area contributed by atoms with Crippen molar-refractivity contribution in [2.45, 2.75) is 10.9 Å². The van der Waals surface area contributed by atoms with Gasteiger partial charge in [-0.2, -0.15) is 5.10 Å². The number of nitrogens with one attached hydrogen (secondary N) is 1. The van der Waals surface area contributed by atoms with Crippen LogP contribution in [-0.2, 0) is 12.8 Å². The maximum Gasteiger partial charge on any atom is 0.186 e. The Bertz CT molecular complexity index is 596. The number of rotatable bonds is 5. The normalized spacial score (nSPS) is 10.4. The van der Waals surface area contributed by atoms with E-state index in [-0.39, 0.29) is 5.84 Å². The van der Waals surface area contributed by atoms with Gasteiger partial charge < -0.3 is 10.5 Å². The topological polar surface area (TPSA) is 89.8 Å². The van der Waals surface area contributed by atoms with E-state index >= 15 is 0 Å². The van der Waals surface area contributed by atoms with Gasteiger partial charge in [0, 0.05) is 12.8 Å². The molecule has 100 valence electrons. The fraction of sp³-hybridized carbons (Fsp3) is 0.250. The number of hydrogen-bond donors (Lipinski definition) is 2. The second-order valence-electron chi connectivity index (χ2n) is 3.90. The number of amidine groups is 1. The van der Waals surface area contributed by atoms with Crippen molar-refractivity contribution in [3.63, 3.8) is 0 Å². The Balaban J connectivity index is 2.15. The molecule has 0 atom stereocenters. The van der Waals surface area contributed by atoms with Crippen LogP contribution in [0.3, 0.4) is 0 Å². The molecule has 0 aliphatic heterocycles. The van der Waals surface area contributed by atoms with Gasteiger partial charge in [0.05, 0.1) is 12.7 Å². The molecule has 0 bridgehead atoms. The van der Waals surface area contributed by atoms with Gasteiger partial charge in [0.1, 0.15) is 17.9 Å². The van der Waals surface area contributed by atoms with E-state index in [4.69, 9.17) is 15.9 Å². The number of nitrogens with zero attached hydrogens (tertiary/aromatic N) is 3. The molecule has 2 aromatic rings. The van der Waals surface area contributed by atoms with Gasteiger partial charge in [0.15, 0.2) is 5.16 Å². The predicted molar refractivity (Wildman–Crippen MR) is 74.6 cm³/mol. The highest BCUT2D eigenvalue weighted by Gasteiger charge is 2.08. The van der Waals surface area contributed by atoms with Crippen LogP contribution in [0.5, 0.6) is 5.75 Å². The number of ether oxygens (including phenoxy) is 1. The molecule has 0 fully saturated rings. The third kappa shape index (κ3) is 3.05. The quantitative estimate of drug-likeness (QED) is 0.490. The van der Waals surface area contributed by atoms with Crippen LogP contribution >= 0.6 is 11.8 Å². The molecular formula is C12H15N5OS. The van der Waals surface area contributed by atoms with E-state index in [1.54, 1.807) is 23.6 Å². The highest BCUT2D eigenvalue weighted by molar-refractivity contribution is 7.98. The van der Waals surface area contributed by atoms with E-state index in [1.807, 2.05) is 25.2 Å². The molecule has 0 saturated carbocycles. The van der Waals surface area contributed by atoms with E-state index in [1.165, 1.54) is 6.33 Å². The number of nitrogens with two attached hydrogens (primary N) is 1. The van der Waals surface area contributed by atoms with Crippen LogP contribution in [-0.4, -0.2) is 27.7 Å². The van der Waals surface area contributed by atoms with E-state index in [0.29, 0.717) is 11.3 Å². The Morgan fingerprint density at radius 3 is 2.89 bits per heavy atom. The van der Waals surface area contributed by atoms with E-state index in [0.717, 1.165) is 16.5 Å². The van der Waals surface area contributed by atoms with Crippen LogP contribution < -0.4 is 10.5 Å².